The van der Waals surface area contributed by atoms with Gasteiger partial charge in [-0.2, -0.15) is 0 Å². The van der Waals surface area contributed by atoms with Gasteiger partial charge in [-0.1, -0.05) is 13.3 Å². The highest BCUT2D eigenvalue weighted by Crippen LogP contribution is 2.31. The molecule has 8 atom stereocenters. The molecule has 1 amide bonds. The van der Waals surface area contributed by atoms with Crippen molar-refractivity contribution in [2.75, 3.05) is 12.8 Å². The summed E-state index contributed by atoms with van der Waals surface area (Å²) in [6.45, 7) is 5.89. The molecule has 2 rings (SSSR count). The second-order valence-corrected chi connectivity index (χ2v) is 9.06. The number of thioether (sulfide) groups is 1. The molecule has 2 aliphatic rings. The molecule has 0 aliphatic carbocycles. The molecule has 8 nitrogen and oxygen atoms in total. The average molecular weight is 407 g/mol. The van der Waals surface area contributed by atoms with Crippen molar-refractivity contribution < 1.29 is 30.0 Å². The summed E-state index contributed by atoms with van der Waals surface area (Å²) in [5.41, 5.74) is -2.18. The topological polar surface area (TPSA) is 131 Å². The Bertz CT molecular complexity index is 501. The molecule has 0 saturated carbocycles. The summed E-state index contributed by atoms with van der Waals surface area (Å²) in [5, 5.41) is 47.3. The van der Waals surface area contributed by atoms with Crippen LogP contribution >= 0.6 is 11.8 Å². The molecular formula is C18H34N2O6S. The van der Waals surface area contributed by atoms with Crippen LogP contribution in [-0.2, 0) is 9.53 Å². The third kappa shape index (κ3) is 5.35. The Labute approximate surface area is 165 Å². The van der Waals surface area contributed by atoms with Crippen LogP contribution in [0.2, 0.25) is 0 Å². The van der Waals surface area contributed by atoms with Crippen molar-refractivity contribution in [3.8, 4) is 0 Å². The number of piperidine rings is 1. The summed E-state index contributed by atoms with van der Waals surface area (Å²) in [4.78, 5) is 12.8. The lowest BCUT2D eigenvalue weighted by molar-refractivity contribution is -0.217. The van der Waals surface area contributed by atoms with E-state index in [9.17, 15) is 25.2 Å². The number of nitrogens with one attached hydrogen (secondary N) is 2. The monoisotopic (exact) mass is 406 g/mol. The van der Waals surface area contributed by atoms with Gasteiger partial charge in [0.05, 0.1) is 17.7 Å². The molecule has 9 heteroatoms. The Morgan fingerprint density at radius 3 is 2.52 bits per heavy atom. The maximum atomic E-state index is 12.8. The van der Waals surface area contributed by atoms with Crippen molar-refractivity contribution >= 4 is 17.7 Å². The van der Waals surface area contributed by atoms with Gasteiger partial charge in [0.15, 0.2) is 0 Å². The highest BCUT2D eigenvalue weighted by Gasteiger charge is 2.50. The van der Waals surface area contributed by atoms with Gasteiger partial charge in [0.2, 0.25) is 5.91 Å². The summed E-state index contributed by atoms with van der Waals surface area (Å²) in [5.74, 6) is 0.203. The van der Waals surface area contributed by atoms with Crippen molar-refractivity contribution in [3.63, 3.8) is 0 Å². The van der Waals surface area contributed by atoms with Gasteiger partial charge in [-0.15, -0.1) is 11.8 Å². The molecular weight excluding hydrogens is 372 g/mol. The second kappa shape index (κ2) is 9.39. The summed E-state index contributed by atoms with van der Waals surface area (Å²) in [6.07, 6.45) is -0.731. The van der Waals surface area contributed by atoms with Crippen molar-refractivity contribution in [1.29, 1.82) is 0 Å². The third-order valence-corrected chi connectivity index (χ3v) is 6.49. The quantitative estimate of drug-likeness (QED) is 0.338. The number of hydrogen-bond donors (Lipinski definition) is 6. The fourth-order valence-corrected chi connectivity index (χ4v) is 4.50. The molecule has 0 aromatic carbocycles. The smallest absolute Gasteiger partial charge is 0.237 e. The number of aliphatic hydroxyl groups excluding tert-OH is 3. The molecule has 0 aromatic rings. The third-order valence-electron chi connectivity index (χ3n) is 5.63. The molecule has 2 saturated heterocycles. The standard InChI is InChI=1S/C18H34N2O6S/c1-5-9-6-7-19-10(8-9)16(24)20-15(18(2,3)25)14-12(22)11(21)13(23)17(26-14)27-4/h9-15,17,19,21-23,25H,5-8H2,1-4H3,(H,20,24)/t9-,10+,11+,12-,13-,14+,15+,17-/m1/s1. The number of amides is 1. The van der Waals surface area contributed by atoms with Crippen LogP contribution in [0, 0.1) is 5.92 Å². The summed E-state index contributed by atoms with van der Waals surface area (Å²) in [6, 6.07) is -1.33. The van der Waals surface area contributed by atoms with Crippen molar-refractivity contribution in [2.45, 2.75) is 87.6 Å². The second-order valence-electron chi connectivity index (χ2n) is 8.12. The highest BCUT2D eigenvalue weighted by molar-refractivity contribution is 7.99. The molecule has 158 valence electrons. The maximum Gasteiger partial charge on any atom is 0.237 e. The van der Waals surface area contributed by atoms with Crippen LogP contribution in [0.15, 0.2) is 0 Å². The number of rotatable bonds is 6. The van der Waals surface area contributed by atoms with Crippen molar-refractivity contribution in [2.24, 2.45) is 5.92 Å². The molecule has 2 fully saturated rings. The van der Waals surface area contributed by atoms with E-state index in [1.807, 2.05) is 0 Å². The fourth-order valence-electron chi connectivity index (χ4n) is 3.83. The van der Waals surface area contributed by atoms with Gasteiger partial charge in [0.25, 0.3) is 0 Å². The van der Waals surface area contributed by atoms with Crippen LogP contribution in [0.4, 0.5) is 0 Å². The minimum atomic E-state index is -1.44. The first-order valence-electron chi connectivity index (χ1n) is 9.58. The molecule has 27 heavy (non-hydrogen) atoms. The summed E-state index contributed by atoms with van der Waals surface area (Å²) in [7, 11) is 0. The minimum Gasteiger partial charge on any atom is -0.388 e. The first-order valence-corrected chi connectivity index (χ1v) is 10.9. The van der Waals surface area contributed by atoms with E-state index in [1.165, 1.54) is 25.6 Å². The van der Waals surface area contributed by atoms with Crippen LogP contribution in [-0.4, -0.2) is 86.7 Å². The Kier molecular flexibility index (Phi) is 7.95. The fraction of sp³-hybridized carbons (Fsp3) is 0.944. The highest BCUT2D eigenvalue weighted by atomic mass is 32.2. The SMILES string of the molecule is CC[C@@H]1CCN[C@H](C(=O)N[C@@H]([C@H]2O[C@H](SC)[C@H](O)[C@@H](O)[C@H]2O)C(C)(C)O)C1. The minimum absolute atomic E-state index is 0.266. The normalized spacial score (nSPS) is 39.0. The van der Waals surface area contributed by atoms with Gasteiger partial charge in [0, 0.05) is 0 Å². The van der Waals surface area contributed by atoms with Crippen LogP contribution in [0.25, 0.3) is 0 Å². The lowest BCUT2D eigenvalue weighted by Crippen LogP contribution is -2.68. The zero-order valence-electron chi connectivity index (χ0n) is 16.5. The number of ether oxygens (including phenoxy) is 1. The molecule has 2 heterocycles. The largest absolute Gasteiger partial charge is 0.388 e. The predicted molar refractivity (Wildman–Crippen MR) is 103 cm³/mol. The first-order chi connectivity index (χ1) is 12.6. The number of aliphatic hydroxyl groups is 4. The van der Waals surface area contributed by atoms with E-state index in [2.05, 4.69) is 17.6 Å². The molecule has 0 aromatic heterocycles. The van der Waals surface area contributed by atoms with E-state index in [-0.39, 0.29) is 11.9 Å². The van der Waals surface area contributed by atoms with Crippen LogP contribution in [0.3, 0.4) is 0 Å². The van der Waals surface area contributed by atoms with Gasteiger partial charge in [-0.3, -0.25) is 4.79 Å². The zero-order chi connectivity index (χ0) is 20.4. The predicted octanol–water partition coefficient (Wildman–Crippen LogP) is -0.809. The molecule has 0 bridgehead atoms. The molecule has 0 unspecified atom stereocenters. The summed E-state index contributed by atoms with van der Waals surface area (Å²) >= 11 is 1.19. The maximum absolute atomic E-state index is 12.8. The van der Waals surface area contributed by atoms with Crippen molar-refractivity contribution in [3.05, 3.63) is 0 Å². The summed E-state index contributed by atoms with van der Waals surface area (Å²) < 4.78 is 5.76. The van der Waals surface area contributed by atoms with Gasteiger partial charge >= 0.3 is 0 Å². The van der Waals surface area contributed by atoms with Gasteiger partial charge < -0.3 is 35.8 Å². The lowest BCUT2D eigenvalue weighted by Gasteiger charge is -2.46. The van der Waals surface area contributed by atoms with E-state index in [0.717, 1.165) is 19.4 Å². The van der Waals surface area contributed by atoms with Gasteiger partial charge in [0.1, 0.15) is 29.9 Å². The number of carbonyl (C=O) groups excluding carboxylic acids is 1. The lowest BCUT2D eigenvalue weighted by atomic mass is 9.85. The van der Waals surface area contributed by atoms with Crippen LogP contribution in [0.1, 0.15) is 40.0 Å². The zero-order valence-corrected chi connectivity index (χ0v) is 17.3. The molecule has 2 aliphatic heterocycles. The Morgan fingerprint density at radius 1 is 1.30 bits per heavy atom. The number of carbonyl (C=O) groups is 1. The average Bonchev–Trinajstić information content (AvgIpc) is 2.64. The van der Waals surface area contributed by atoms with E-state index >= 15 is 0 Å². The molecule has 0 spiro atoms. The molecule has 0 radical (unpaired) electrons. The number of hydrogen-bond acceptors (Lipinski definition) is 8. The van der Waals surface area contributed by atoms with E-state index in [1.54, 1.807) is 6.26 Å². The van der Waals surface area contributed by atoms with Crippen LogP contribution < -0.4 is 10.6 Å². The van der Waals surface area contributed by atoms with Gasteiger partial charge in [-0.25, -0.2) is 0 Å². The van der Waals surface area contributed by atoms with E-state index < -0.39 is 41.5 Å². The molecule has 6 N–H and O–H groups in total. The van der Waals surface area contributed by atoms with Crippen molar-refractivity contribution in [1.82, 2.24) is 10.6 Å². The van der Waals surface area contributed by atoms with E-state index in [0.29, 0.717) is 12.3 Å². The Morgan fingerprint density at radius 2 is 1.96 bits per heavy atom. The Balaban J connectivity index is 2.16. The van der Waals surface area contributed by atoms with Crippen LogP contribution in [0.5, 0.6) is 0 Å². The first kappa shape index (κ1) is 22.9. The Hall–Kier alpha value is -0.420. The van der Waals surface area contributed by atoms with Gasteiger partial charge in [-0.05, 0) is 45.4 Å². The van der Waals surface area contributed by atoms with E-state index in [4.69, 9.17) is 4.74 Å².